The second-order valence-electron chi connectivity index (χ2n) is 2.96. The van der Waals surface area contributed by atoms with Gasteiger partial charge in [0.05, 0.1) is 0 Å². The fourth-order valence-corrected chi connectivity index (χ4v) is 2.84. The van der Waals surface area contributed by atoms with Gasteiger partial charge in [0, 0.05) is 33.2 Å². The Hall–Kier alpha value is -0.190. The first kappa shape index (κ1) is 10.9. The standard InChI is InChI=1S/C9H15NOS2/c1-8(7-10)13(11)6-4-9-3-2-5-12-9/h2-3,5,8H,4,6-7,10H2,1H3. The molecule has 0 aromatic carbocycles. The summed E-state index contributed by atoms with van der Waals surface area (Å²) in [5.74, 6) is 0.735. The van der Waals surface area contributed by atoms with E-state index in [4.69, 9.17) is 5.73 Å². The zero-order valence-corrected chi connectivity index (χ0v) is 9.37. The van der Waals surface area contributed by atoms with E-state index < -0.39 is 10.8 Å². The molecule has 13 heavy (non-hydrogen) atoms. The Balaban J connectivity index is 2.31. The van der Waals surface area contributed by atoms with Crippen LogP contribution in [0.1, 0.15) is 11.8 Å². The Bertz CT molecular complexity index is 259. The summed E-state index contributed by atoms with van der Waals surface area (Å²) in [5.41, 5.74) is 5.43. The van der Waals surface area contributed by atoms with E-state index >= 15 is 0 Å². The average molecular weight is 217 g/mol. The minimum absolute atomic E-state index is 0.125. The van der Waals surface area contributed by atoms with E-state index in [1.807, 2.05) is 18.4 Å². The third-order valence-corrected chi connectivity index (χ3v) is 4.54. The van der Waals surface area contributed by atoms with E-state index in [0.717, 1.165) is 12.2 Å². The molecule has 2 unspecified atom stereocenters. The van der Waals surface area contributed by atoms with Gasteiger partial charge in [0.2, 0.25) is 0 Å². The summed E-state index contributed by atoms with van der Waals surface area (Å²) in [6.07, 6.45) is 0.911. The molecule has 0 saturated heterocycles. The maximum atomic E-state index is 11.5. The van der Waals surface area contributed by atoms with Crippen LogP contribution in [0.4, 0.5) is 0 Å². The Morgan fingerprint density at radius 3 is 3.00 bits per heavy atom. The van der Waals surface area contributed by atoms with Gasteiger partial charge in [-0.3, -0.25) is 4.21 Å². The molecule has 0 bridgehead atoms. The molecule has 0 aliphatic heterocycles. The molecule has 74 valence electrons. The molecule has 2 atom stereocenters. The Morgan fingerprint density at radius 2 is 2.46 bits per heavy atom. The van der Waals surface area contributed by atoms with Gasteiger partial charge in [-0.25, -0.2) is 0 Å². The van der Waals surface area contributed by atoms with Crippen molar-refractivity contribution in [2.24, 2.45) is 5.73 Å². The molecule has 2 nitrogen and oxygen atoms in total. The van der Waals surface area contributed by atoms with E-state index in [-0.39, 0.29) is 5.25 Å². The molecular formula is C9H15NOS2. The van der Waals surface area contributed by atoms with Crippen LogP contribution in [-0.4, -0.2) is 21.8 Å². The van der Waals surface area contributed by atoms with Gasteiger partial charge in [0.1, 0.15) is 0 Å². The Labute approximate surface area is 85.6 Å². The lowest BCUT2D eigenvalue weighted by Gasteiger charge is -2.06. The molecule has 1 rings (SSSR count). The third kappa shape index (κ3) is 3.58. The summed E-state index contributed by atoms with van der Waals surface area (Å²) in [6, 6.07) is 4.10. The zero-order chi connectivity index (χ0) is 9.68. The van der Waals surface area contributed by atoms with Crippen LogP contribution < -0.4 is 5.73 Å². The maximum Gasteiger partial charge on any atom is 0.0442 e. The van der Waals surface area contributed by atoms with Crippen LogP contribution in [0.15, 0.2) is 17.5 Å². The van der Waals surface area contributed by atoms with Crippen LogP contribution in [-0.2, 0) is 17.2 Å². The first-order chi connectivity index (χ1) is 6.24. The van der Waals surface area contributed by atoms with Gasteiger partial charge in [-0.2, -0.15) is 0 Å². The minimum Gasteiger partial charge on any atom is -0.329 e. The largest absolute Gasteiger partial charge is 0.329 e. The van der Waals surface area contributed by atoms with Crippen LogP contribution in [0.25, 0.3) is 0 Å². The van der Waals surface area contributed by atoms with Crippen molar-refractivity contribution in [2.75, 3.05) is 12.3 Å². The lowest BCUT2D eigenvalue weighted by atomic mass is 10.4. The predicted molar refractivity (Wildman–Crippen MR) is 59.5 cm³/mol. The highest BCUT2D eigenvalue weighted by molar-refractivity contribution is 7.85. The van der Waals surface area contributed by atoms with Crippen LogP contribution in [0.2, 0.25) is 0 Å². The zero-order valence-electron chi connectivity index (χ0n) is 7.73. The van der Waals surface area contributed by atoms with E-state index in [2.05, 4.69) is 6.07 Å². The van der Waals surface area contributed by atoms with Crippen molar-refractivity contribution in [1.29, 1.82) is 0 Å². The lowest BCUT2D eigenvalue weighted by molar-refractivity contribution is 0.672. The van der Waals surface area contributed by atoms with Crippen LogP contribution in [0.5, 0.6) is 0 Å². The van der Waals surface area contributed by atoms with Gasteiger partial charge in [-0.1, -0.05) is 6.07 Å². The molecule has 0 radical (unpaired) electrons. The number of hydrogen-bond acceptors (Lipinski definition) is 3. The van der Waals surface area contributed by atoms with Gasteiger partial charge in [-0.15, -0.1) is 11.3 Å². The molecule has 0 aliphatic carbocycles. The first-order valence-electron chi connectivity index (χ1n) is 4.33. The molecule has 4 heteroatoms. The fourth-order valence-electron chi connectivity index (χ4n) is 0.965. The number of thiophene rings is 1. The molecule has 2 N–H and O–H groups in total. The molecular weight excluding hydrogens is 202 g/mol. The van der Waals surface area contributed by atoms with Gasteiger partial charge in [0.15, 0.2) is 0 Å². The van der Waals surface area contributed by atoms with Crippen molar-refractivity contribution in [3.63, 3.8) is 0 Å². The molecule has 1 aromatic heterocycles. The van der Waals surface area contributed by atoms with Gasteiger partial charge >= 0.3 is 0 Å². The first-order valence-corrected chi connectivity index (χ1v) is 6.60. The summed E-state index contributed by atoms with van der Waals surface area (Å²) >= 11 is 1.72. The summed E-state index contributed by atoms with van der Waals surface area (Å²) in [7, 11) is -0.768. The van der Waals surface area contributed by atoms with Crippen molar-refractivity contribution < 1.29 is 4.21 Å². The summed E-state index contributed by atoms with van der Waals surface area (Å²) < 4.78 is 11.5. The highest BCUT2D eigenvalue weighted by Crippen LogP contribution is 2.10. The van der Waals surface area contributed by atoms with Crippen molar-refractivity contribution in [1.82, 2.24) is 0 Å². The molecule has 0 saturated carbocycles. The lowest BCUT2D eigenvalue weighted by Crippen LogP contribution is -2.24. The molecule has 0 spiro atoms. The number of aryl methyl sites for hydroxylation is 1. The predicted octanol–water partition coefficient (Wildman–Crippen LogP) is 1.39. The quantitative estimate of drug-likeness (QED) is 0.810. The normalized spacial score (nSPS) is 15.5. The van der Waals surface area contributed by atoms with Gasteiger partial charge < -0.3 is 5.73 Å². The average Bonchev–Trinajstić information content (AvgIpc) is 2.65. The SMILES string of the molecule is CC(CN)S(=O)CCc1cccs1. The number of nitrogens with two attached hydrogens (primary N) is 1. The van der Waals surface area contributed by atoms with Crippen LogP contribution in [0, 0.1) is 0 Å². The van der Waals surface area contributed by atoms with Crippen molar-refractivity contribution in [2.45, 2.75) is 18.6 Å². The van der Waals surface area contributed by atoms with Crippen molar-refractivity contribution >= 4 is 22.1 Å². The molecule has 0 aliphatic rings. The minimum atomic E-state index is -0.768. The number of rotatable bonds is 5. The van der Waals surface area contributed by atoms with E-state index in [1.54, 1.807) is 11.3 Å². The van der Waals surface area contributed by atoms with Gasteiger partial charge in [-0.05, 0) is 24.8 Å². The second kappa shape index (κ2) is 5.52. The van der Waals surface area contributed by atoms with Crippen LogP contribution >= 0.6 is 11.3 Å². The van der Waals surface area contributed by atoms with Crippen molar-refractivity contribution in [3.8, 4) is 0 Å². The highest BCUT2D eigenvalue weighted by atomic mass is 32.2. The van der Waals surface area contributed by atoms with E-state index in [1.165, 1.54) is 4.88 Å². The molecule has 1 heterocycles. The second-order valence-corrected chi connectivity index (χ2v) is 5.97. The monoisotopic (exact) mass is 217 g/mol. The van der Waals surface area contributed by atoms with E-state index in [0.29, 0.717) is 6.54 Å². The smallest absolute Gasteiger partial charge is 0.0442 e. The summed E-state index contributed by atoms with van der Waals surface area (Å²) in [5, 5.41) is 2.17. The molecule has 0 fully saturated rings. The Kier molecular flexibility index (Phi) is 4.62. The fraction of sp³-hybridized carbons (Fsp3) is 0.556. The molecule has 1 aromatic rings. The highest BCUT2D eigenvalue weighted by Gasteiger charge is 2.08. The Morgan fingerprint density at radius 1 is 1.69 bits per heavy atom. The van der Waals surface area contributed by atoms with Crippen molar-refractivity contribution in [3.05, 3.63) is 22.4 Å². The summed E-state index contributed by atoms with van der Waals surface area (Å²) in [6.45, 7) is 2.45. The topological polar surface area (TPSA) is 43.1 Å². The van der Waals surface area contributed by atoms with Gasteiger partial charge in [0.25, 0.3) is 0 Å². The van der Waals surface area contributed by atoms with Crippen LogP contribution in [0.3, 0.4) is 0 Å². The summed E-state index contributed by atoms with van der Waals surface area (Å²) in [4.78, 5) is 1.30. The maximum absolute atomic E-state index is 11.5. The van der Waals surface area contributed by atoms with E-state index in [9.17, 15) is 4.21 Å². The third-order valence-electron chi connectivity index (χ3n) is 1.91. The number of hydrogen-bond donors (Lipinski definition) is 1. The molecule has 0 amide bonds.